The van der Waals surface area contributed by atoms with Crippen molar-refractivity contribution in [1.29, 1.82) is 0 Å². The monoisotopic (exact) mass is 415 g/mol. The second kappa shape index (κ2) is 9.47. The lowest BCUT2D eigenvalue weighted by molar-refractivity contribution is -0.117. The van der Waals surface area contributed by atoms with Gasteiger partial charge in [0, 0.05) is 36.4 Å². The van der Waals surface area contributed by atoms with Gasteiger partial charge in [0.2, 0.25) is 11.7 Å². The number of nitrogens with zero attached hydrogens (tertiary/aromatic N) is 1. The van der Waals surface area contributed by atoms with Crippen LogP contribution in [-0.4, -0.2) is 38.9 Å². The van der Waals surface area contributed by atoms with Crippen molar-refractivity contribution in [2.75, 3.05) is 38.1 Å². The number of rotatable bonds is 7. The van der Waals surface area contributed by atoms with Crippen LogP contribution >= 0.6 is 12.2 Å². The molecule has 0 saturated carbocycles. The minimum Gasteiger partial charge on any atom is -0.493 e. The molecule has 8 heteroatoms. The molecule has 0 radical (unpaired) electrons. The van der Waals surface area contributed by atoms with Crippen LogP contribution in [-0.2, 0) is 11.3 Å². The molecule has 2 aromatic carbocycles. The molecule has 1 fully saturated rings. The van der Waals surface area contributed by atoms with E-state index in [-0.39, 0.29) is 5.91 Å². The third-order valence-corrected chi connectivity index (χ3v) is 4.98. The summed E-state index contributed by atoms with van der Waals surface area (Å²) < 4.78 is 16.2. The van der Waals surface area contributed by atoms with Gasteiger partial charge in [0.1, 0.15) is 0 Å². The zero-order valence-corrected chi connectivity index (χ0v) is 17.6. The molecule has 2 N–H and O–H groups in total. The maximum absolute atomic E-state index is 11.8. The van der Waals surface area contributed by atoms with Gasteiger partial charge in [0.25, 0.3) is 0 Å². The van der Waals surface area contributed by atoms with Crippen LogP contribution in [0.2, 0.25) is 0 Å². The first-order chi connectivity index (χ1) is 14.1. The van der Waals surface area contributed by atoms with E-state index in [0.717, 1.165) is 29.9 Å². The van der Waals surface area contributed by atoms with Crippen molar-refractivity contribution in [2.45, 2.75) is 19.4 Å². The maximum atomic E-state index is 11.8. The summed E-state index contributed by atoms with van der Waals surface area (Å²) in [6, 6.07) is 11.4. The lowest BCUT2D eigenvalue weighted by atomic mass is 10.1. The molecule has 3 rings (SSSR count). The number of benzene rings is 2. The molecule has 0 bridgehead atoms. The molecule has 1 amide bonds. The van der Waals surface area contributed by atoms with Crippen molar-refractivity contribution in [2.24, 2.45) is 0 Å². The van der Waals surface area contributed by atoms with Gasteiger partial charge in [0.05, 0.1) is 21.3 Å². The van der Waals surface area contributed by atoms with E-state index in [2.05, 4.69) is 10.6 Å². The molecule has 7 nitrogen and oxygen atoms in total. The first-order valence-electron chi connectivity index (χ1n) is 9.30. The van der Waals surface area contributed by atoms with Gasteiger partial charge in [0.15, 0.2) is 16.6 Å². The Hall–Kier alpha value is -3.00. The molecule has 29 heavy (non-hydrogen) atoms. The van der Waals surface area contributed by atoms with Crippen molar-refractivity contribution >= 4 is 34.6 Å². The van der Waals surface area contributed by atoms with Gasteiger partial charge in [-0.1, -0.05) is 0 Å². The van der Waals surface area contributed by atoms with Crippen molar-refractivity contribution in [3.63, 3.8) is 0 Å². The van der Waals surface area contributed by atoms with Gasteiger partial charge < -0.3 is 29.7 Å². The van der Waals surface area contributed by atoms with E-state index >= 15 is 0 Å². The smallest absolute Gasteiger partial charge is 0.227 e. The summed E-state index contributed by atoms with van der Waals surface area (Å²) in [6.45, 7) is 1.23. The summed E-state index contributed by atoms with van der Waals surface area (Å²) >= 11 is 5.40. The van der Waals surface area contributed by atoms with E-state index < -0.39 is 0 Å². The maximum Gasteiger partial charge on any atom is 0.227 e. The zero-order chi connectivity index (χ0) is 20.8. The molecule has 1 aliphatic heterocycles. The van der Waals surface area contributed by atoms with Crippen LogP contribution in [0.1, 0.15) is 18.4 Å². The number of hydrogen-bond donors (Lipinski definition) is 2. The Balaban J connectivity index is 1.61. The van der Waals surface area contributed by atoms with Crippen molar-refractivity contribution in [3.8, 4) is 17.2 Å². The largest absolute Gasteiger partial charge is 0.493 e. The summed E-state index contributed by atoms with van der Waals surface area (Å²) in [5.74, 6) is 1.92. The quantitative estimate of drug-likeness (QED) is 0.672. The second-order valence-corrected chi connectivity index (χ2v) is 6.91. The SMILES string of the molecule is COc1ccc(CNC(=S)Nc2ccc(N3CCCC3=O)cc2)c(OC)c1OC. The Bertz CT molecular complexity index is 886. The fourth-order valence-electron chi connectivity index (χ4n) is 3.30. The minimum atomic E-state index is 0.173. The summed E-state index contributed by atoms with van der Waals surface area (Å²) in [6.07, 6.45) is 1.53. The number of anilines is 2. The van der Waals surface area contributed by atoms with Gasteiger partial charge in [-0.2, -0.15) is 0 Å². The number of carbonyl (C=O) groups is 1. The number of nitrogens with one attached hydrogen (secondary N) is 2. The van der Waals surface area contributed by atoms with Gasteiger partial charge in [-0.15, -0.1) is 0 Å². The highest BCUT2D eigenvalue weighted by Crippen LogP contribution is 2.39. The lowest BCUT2D eigenvalue weighted by Crippen LogP contribution is -2.28. The average molecular weight is 416 g/mol. The van der Waals surface area contributed by atoms with Gasteiger partial charge in [-0.05, 0) is 55.0 Å². The van der Waals surface area contributed by atoms with E-state index in [0.29, 0.717) is 35.3 Å². The molecule has 1 aliphatic rings. The van der Waals surface area contributed by atoms with E-state index in [1.54, 1.807) is 21.3 Å². The second-order valence-electron chi connectivity index (χ2n) is 6.50. The molecule has 0 unspecified atom stereocenters. The standard InChI is InChI=1S/C21H25N3O4S/c1-26-17-11-6-14(19(27-2)20(17)28-3)13-22-21(29)23-15-7-9-16(10-8-15)24-12-4-5-18(24)25/h6-11H,4-5,12-13H2,1-3H3,(H2,22,23,29). The zero-order valence-electron chi connectivity index (χ0n) is 16.8. The Labute approximate surface area is 175 Å². The third kappa shape index (κ3) is 4.71. The highest BCUT2D eigenvalue weighted by Gasteiger charge is 2.21. The summed E-state index contributed by atoms with van der Waals surface area (Å²) in [5.41, 5.74) is 2.64. The predicted octanol–water partition coefficient (Wildman–Crippen LogP) is 3.33. The topological polar surface area (TPSA) is 72.1 Å². The Morgan fingerprint density at radius 3 is 2.34 bits per heavy atom. The van der Waals surface area contributed by atoms with Gasteiger partial charge in [-0.3, -0.25) is 4.79 Å². The average Bonchev–Trinajstić information content (AvgIpc) is 3.17. The Morgan fingerprint density at radius 1 is 1.03 bits per heavy atom. The van der Waals surface area contributed by atoms with Crippen molar-refractivity contribution < 1.29 is 19.0 Å². The number of amides is 1. The van der Waals surface area contributed by atoms with Crippen LogP contribution in [0.25, 0.3) is 0 Å². The molecular formula is C21H25N3O4S. The normalized spacial score (nSPS) is 13.2. The summed E-state index contributed by atoms with van der Waals surface area (Å²) in [5, 5.41) is 6.80. The highest BCUT2D eigenvalue weighted by molar-refractivity contribution is 7.80. The molecule has 0 atom stereocenters. The van der Waals surface area contributed by atoms with E-state index in [9.17, 15) is 4.79 Å². The van der Waals surface area contributed by atoms with Crippen LogP contribution in [0, 0.1) is 0 Å². The van der Waals surface area contributed by atoms with E-state index in [1.807, 2.05) is 41.3 Å². The minimum absolute atomic E-state index is 0.173. The van der Waals surface area contributed by atoms with Crippen LogP contribution in [0.5, 0.6) is 17.2 Å². The van der Waals surface area contributed by atoms with Crippen LogP contribution in [0.3, 0.4) is 0 Å². The highest BCUT2D eigenvalue weighted by atomic mass is 32.1. The molecule has 0 aromatic heterocycles. The van der Waals surface area contributed by atoms with Crippen LogP contribution in [0.4, 0.5) is 11.4 Å². The van der Waals surface area contributed by atoms with Crippen molar-refractivity contribution in [1.82, 2.24) is 5.32 Å². The number of carbonyl (C=O) groups excluding carboxylic acids is 1. The van der Waals surface area contributed by atoms with E-state index in [4.69, 9.17) is 26.4 Å². The van der Waals surface area contributed by atoms with Crippen molar-refractivity contribution in [3.05, 3.63) is 42.0 Å². The van der Waals surface area contributed by atoms with Crippen LogP contribution in [0.15, 0.2) is 36.4 Å². The number of methoxy groups -OCH3 is 3. The number of ether oxygens (including phenoxy) is 3. The van der Waals surface area contributed by atoms with E-state index in [1.165, 1.54) is 0 Å². The molecule has 2 aromatic rings. The molecule has 154 valence electrons. The first kappa shape index (κ1) is 20.7. The molecule has 1 heterocycles. The van der Waals surface area contributed by atoms with Crippen LogP contribution < -0.4 is 29.7 Å². The fraction of sp³-hybridized carbons (Fsp3) is 0.333. The number of thiocarbonyl (C=S) groups is 1. The Kier molecular flexibility index (Phi) is 6.77. The van der Waals surface area contributed by atoms with Gasteiger partial charge >= 0.3 is 0 Å². The molecule has 0 aliphatic carbocycles. The third-order valence-electron chi connectivity index (χ3n) is 4.74. The fourth-order valence-corrected chi connectivity index (χ4v) is 3.49. The lowest BCUT2D eigenvalue weighted by Gasteiger charge is -2.18. The summed E-state index contributed by atoms with van der Waals surface area (Å²) in [4.78, 5) is 13.7. The molecule has 1 saturated heterocycles. The molecule has 0 spiro atoms. The first-order valence-corrected chi connectivity index (χ1v) is 9.71. The number of hydrogen-bond acceptors (Lipinski definition) is 5. The Morgan fingerprint density at radius 2 is 1.76 bits per heavy atom. The predicted molar refractivity (Wildman–Crippen MR) is 117 cm³/mol. The summed E-state index contributed by atoms with van der Waals surface area (Å²) in [7, 11) is 4.74. The van der Waals surface area contributed by atoms with Gasteiger partial charge in [-0.25, -0.2) is 0 Å². The molecular weight excluding hydrogens is 390 g/mol.